The maximum absolute atomic E-state index is 14.8. The zero-order chi connectivity index (χ0) is 26.5. The van der Waals surface area contributed by atoms with Crippen LogP contribution in [0.15, 0.2) is 48.5 Å². The molecule has 190 valence electrons. The molecule has 3 aromatic rings. The number of alkyl halides is 1. The number of aryl methyl sites for hydroxylation is 1. The van der Waals surface area contributed by atoms with E-state index in [1.165, 1.54) is 18.7 Å². The standard InChI is InChI=1S/C29H29FN4O3/c1-5-19-14-29(20-8-6-7-9-22(20)33-27(29)37)16-34(19)26(36)24(15-28(3,4)30)32-25(35)23-13-18-12-17(2)10-11-21(18)31-23/h1,6-13,19,24,31H,14-16H2,2-4H3,(H,32,35)(H,33,37)/t19-,24+,29+/m1/s1. The van der Waals surface area contributed by atoms with Crippen molar-refractivity contribution in [1.82, 2.24) is 15.2 Å². The summed E-state index contributed by atoms with van der Waals surface area (Å²) in [5.41, 5.74) is 0.849. The van der Waals surface area contributed by atoms with Crippen LogP contribution in [0.4, 0.5) is 10.1 Å². The highest BCUT2D eigenvalue weighted by Gasteiger charge is 2.56. The lowest BCUT2D eigenvalue weighted by Gasteiger charge is -2.30. The van der Waals surface area contributed by atoms with E-state index in [-0.39, 0.29) is 31.0 Å². The molecule has 3 heterocycles. The Labute approximate surface area is 214 Å². The number of benzene rings is 2. The fraction of sp³-hybridized carbons (Fsp3) is 0.345. The van der Waals surface area contributed by atoms with Gasteiger partial charge < -0.3 is 20.5 Å². The average molecular weight is 501 g/mol. The summed E-state index contributed by atoms with van der Waals surface area (Å²) in [4.78, 5) is 44.6. The van der Waals surface area contributed by atoms with Crippen molar-refractivity contribution in [3.8, 4) is 12.3 Å². The molecule has 1 spiro atoms. The zero-order valence-corrected chi connectivity index (χ0v) is 21.0. The van der Waals surface area contributed by atoms with Crippen LogP contribution in [0.3, 0.4) is 0 Å². The lowest BCUT2D eigenvalue weighted by molar-refractivity contribution is -0.134. The first kappa shape index (κ1) is 24.6. The van der Waals surface area contributed by atoms with Crippen molar-refractivity contribution >= 4 is 34.3 Å². The second-order valence-electron chi connectivity index (χ2n) is 10.7. The fourth-order valence-electron chi connectivity index (χ4n) is 5.52. The number of aromatic amines is 1. The highest BCUT2D eigenvalue weighted by atomic mass is 19.1. The second-order valence-corrected chi connectivity index (χ2v) is 10.7. The van der Waals surface area contributed by atoms with Crippen LogP contribution in [0.25, 0.3) is 10.9 Å². The average Bonchev–Trinajstić information content (AvgIpc) is 3.51. The minimum absolute atomic E-state index is 0.0499. The van der Waals surface area contributed by atoms with Gasteiger partial charge in [-0.2, -0.15) is 0 Å². The number of carbonyl (C=O) groups excluding carboxylic acids is 3. The van der Waals surface area contributed by atoms with Crippen molar-refractivity contribution in [1.29, 1.82) is 0 Å². The number of carbonyl (C=O) groups is 3. The Morgan fingerprint density at radius 2 is 2.03 bits per heavy atom. The van der Waals surface area contributed by atoms with Crippen molar-refractivity contribution in [2.24, 2.45) is 0 Å². The normalized spacial score (nSPS) is 21.5. The Bertz CT molecular complexity index is 1460. The van der Waals surface area contributed by atoms with Gasteiger partial charge in [-0.3, -0.25) is 14.4 Å². The molecule has 1 fully saturated rings. The third-order valence-electron chi connectivity index (χ3n) is 7.27. The number of hydrogen-bond acceptors (Lipinski definition) is 3. The second kappa shape index (κ2) is 8.77. The Kier molecular flexibility index (Phi) is 5.82. The Hall–Kier alpha value is -4.12. The summed E-state index contributed by atoms with van der Waals surface area (Å²) in [5.74, 6) is 1.38. The van der Waals surface area contributed by atoms with Gasteiger partial charge in [-0.25, -0.2) is 4.39 Å². The smallest absolute Gasteiger partial charge is 0.268 e. The van der Waals surface area contributed by atoms with Gasteiger partial charge in [-0.15, -0.1) is 6.42 Å². The summed E-state index contributed by atoms with van der Waals surface area (Å²) >= 11 is 0. The van der Waals surface area contributed by atoms with Crippen LogP contribution in [0.2, 0.25) is 0 Å². The molecule has 3 atom stereocenters. The predicted octanol–water partition coefficient (Wildman–Crippen LogP) is 3.84. The number of para-hydroxylation sites is 1. The molecule has 1 saturated heterocycles. The Balaban J connectivity index is 1.44. The number of anilines is 1. The highest BCUT2D eigenvalue weighted by Crippen LogP contribution is 2.46. The van der Waals surface area contributed by atoms with E-state index in [0.717, 1.165) is 22.0 Å². The van der Waals surface area contributed by atoms with Crippen molar-refractivity contribution in [2.45, 2.75) is 56.8 Å². The van der Waals surface area contributed by atoms with Crippen molar-refractivity contribution < 1.29 is 18.8 Å². The molecule has 8 heteroatoms. The van der Waals surface area contributed by atoms with Gasteiger partial charge in [-0.1, -0.05) is 35.7 Å². The molecule has 3 N–H and O–H groups in total. The first-order chi connectivity index (χ1) is 17.5. The van der Waals surface area contributed by atoms with E-state index >= 15 is 0 Å². The van der Waals surface area contributed by atoms with E-state index < -0.39 is 35.0 Å². The highest BCUT2D eigenvalue weighted by molar-refractivity contribution is 6.07. The van der Waals surface area contributed by atoms with Crippen molar-refractivity contribution in [3.63, 3.8) is 0 Å². The molecule has 0 unspecified atom stereocenters. The number of fused-ring (bicyclic) bond motifs is 3. The Morgan fingerprint density at radius 1 is 1.27 bits per heavy atom. The third-order valence-corrected chi connectivity index (χ3v) is 7.27. The van der Waals surface area contributed by atoms with Gasteiger partial charge in [0.2, 0.25) is 11.8 Å². The number of rotatable bonds is 5. The van der Waals surface area contributed by atoms with Gasteiger partial charge >= 0.3 is 0 Å². The summed E-state index contributed by atoms with van der Waals surface area (Å²) in [6.07, 6.45) is 5.81. The van der Waals surface area contributed by atoms with Crippen LogP contribution >= 0.6 is 0 Å². The fourth-order valence-corrected chi connectivity index (χ4v) is 5.52. The first-order valence-corrected chi connectivity index (χ1v) is 12.3. The summed E-state index contributed by atoms with van der Waals surface area (Å²) < 4.78 is 14.8. The molecule has 0 radical (unpaired) electrons. The number of nitrogens with one attached hydrogen (secondary N) is 3. The molecule has 37 heavy (non-hydrogen) atoms. The number of aromatic nitrogens is 1. The number of halogens is 1. The largest absolute Gasteiger partial charge is 0.351 e. The third kappa shape index (κ3) is 4.35. The molecule has 2 aliphatic heterocycles. The Morgan fingerprint density at radius 3 is 2.76 bits per heavy atom. The number of likely N-dealkylation sites (tertiary alicyclic amines) is 1. The van der Waals surface area contributed by atoms with Gasteiger partial charge in [0.05, 0.1) is 11.5 Å². The molecular weight excluding hydrogens is 471 g/mol. The lowest BCUT2D eigenvalue weighted by Crippen LogP contribution is -2.52. The van der Waals surface area contributed by atoms with Crippen LogP contribution < -0.4 is 10.6 Å². The summed E-state index contributed by atoms with van der Waals surface area (Å²) in [5, 5.41) is 6.48. The molecule has 2 aromatic carbocycles. The van der Waals surface area contributed by atoms with E-state index in [2.05, 4.69) is 21.5 Å². The number of hydrogen-bond donors (Lipinski definition) is 3. The van der Waals surface area contributed by atoms with Gasteiger partial charge in [-0.05, 0) is 57.0 Å². The molecule has 7 nitrogen and oxygen atoms in total. The van der Waals surface area contributed by atoms with Crippen molar-refractivity contribution in [3.05, 3.63) is 65.4 Å². The summed E-state index contributed by atoms with van der Waals surface area (Å²) in [6, 6.07) is 12.9. The van der Waals surface area contributed by atoms with Gasteiger partial charge in [0.25, 0.3) is 5.91 Å². The van der Waals surface area contributed by atoms with Crippen LogP contribution in [0.1, 0.15) is 48.3 Å². The molecule has 3 amide bonds. The number of nitrogens with zero attached hydrogens (tertiary/aromatic N) is 1. The maximum Gasteiger partial charge on any atom is 0.268 e. The zero-order valence-electron chi connectivity index (χ0n) is 21.0. The minimum Gasteiger partial charge on any atom is -0.351 e. The molecule has 0 saturated carbocycles. The molecule has 1 aromatic heterocycles. The van der Waals surface area contributed by atoms with Crippen LogP contribution in [0, 0.1) is 19.3 Å². The molecule has 2 aliphatic rings. The van der Waals surface area contributed by atoms with E-state index in [1.807, 2.05) is 49.4 Å². The number of H-pyrrole nitrogens is 1. The number of terminal acetylenes is 1. The van der Waals surface area contributed by atoms with Crippen LogP contribution in [-0.4, -0.2) is 51.9 Å². The minimum atomic E-state index is -1.74. The lowest BCUT2D eigenvalue weighted by atomic mass is 9.79. The summed E-state index contributed by atoms with van der Waals surface area (Å²) in [6.45, 7) is 4.72. The van der Waals surface area contributed by atoms with Gasteiger partial charge in [0.15, 0.2) is 0 Å². The first-order valence-electron chi connectivity index (χ1n) is 12.3. The quantitative estimate of drug-likeness (QED) is 0.465. The van der Waals surface area contributed by atoms with Gasteiger partial charge in [0, 0.05) is 29.6 Å². The van der Waals surface area contributed by atoms with Crippen LogP contribution in [0.5, 0.6) is 0 Å². The molecule has 5 rings (SSSR count). The maximum atomic E-state index is 14.8. The monoisotopic (exact) mass is 500 g/mol. The topological polar surface area (TPSA) is 94.3 Å². The van der Waals surface area contributed by atoms with Gasteiger partial charge in [0.1, 0.15) is 17.4 Å². The predicted molar refractivity (Wildman–Crippen MR) is 140 cm³/mol. The molecule has 0 aliphatic carbocycles. The number of amides is 3. The van der Waals surface area contributed by atoms with E-state index in [1.54, 1.807) is 6.07 Å². The van der Waals surface area contributed by atoms with Crippen LogP contribution in [-0.2, 0) is 15.0 Å². The molecule has 0 bridgehead atoms. The SMILES string of the molecule is C#C[C@@H]1C[C@@]2(CN1C(=O)[C@H](CC(C)(C)F)NC(=O)c1cc3cc(C)ccc3[nH]1)C(=O)Nc1ccccc12. The van der Waals surface area contributed by atoms with E-state index in [9.17, 15) is 18.8 Å². The van der Waals surface area contributed by atoms with E-state index in [4.69, 9.17) is 6.42 Å². The summed E-state index contributed by atoms with van der Waals surface area (Å²) in [7, 11) is 0. The van der Waals surface area contributed by atoms with E-state index in [0.29, 0.717) is 5.69 Å². The molecular formula is C29H29FN4O3. The van der Waals surface area contributed by atoms with Crippen molar-refractivity contribution in [2.75, 3.05) is 11.9 Å².